The molecule has 3 rings (SSSR count). The number of alkyl halides is 3. The molecule has 0 unspecified atom stereocenters. The summed E-state index contributed by atoms with van der Waals surface area (Å²) >= 11 is 5.05. The van der Waals surface area contributed by atoms with Crippen molar-refractivity contribution in [3.8, 4) is 5.75 Å². The van der Waals surface area contributed by atoms with E-state index in [9.17, 15) is 22.4 Å². The van der Waals surface area contributed by atoms with Crippen LogP contribution in [-0.2, 0) is 4.79 Å². The Hall–Kier alpha value is -2.94. The van der Waals surface area contributed by atoms with Crippen molar-refractivity contribution >= 4 is 35.0 Å². The number of benzene rings is 2. The minimum Gasteiger partial charge on any atom is -0.405 e. The molecule has 1 N–H and O–H groups in total. The van der Waals surface area contributed by atoms with E-state index in [0.717, 1.165) is 17.0 Å². The van der Waals surface area contributed by atoms with E-state index in [-0.39, 0.29) is 22.1 Å². The lowest BCUT2D eigenvalue weighted by Crippen LogP contribution is -2.31. The van der Waals surface area contributed by atoms with Crippen molar-refractivity contribution in [3.63, 3.8) is 0 Å². The summed E-state index contributed by atoms with van der Waals surface area (Å²) in [5.41, 5.74) is -0.145. The summed E-state index contributed by atoms with van der Waals surface area (Å²) in [6.45, 7) is 0. The number of hydrogen-bond donors (Lipinski definition) is 1. The van der Waals surface area contributed by atoms with Crippen LogP contribution in [0.4, 0.5) is 23.2 Å². The average molecular weight is 382 g/mol. The van der Waals surface area contributed by atoms with E-state index in [4.69, 9.17) is 12.2 Å². The predicted molar refractivity (Wildman–Crippen MR) is 90.7 cm³/mol. The molecule has 26 heavy (non-hydrogen) atoms. The minimum absolute atomic E-state index is 0.0128. The van der Waals surface area contributed by atoms with Crippen molar-refractivity contribution in [1.29, 1.82) is 0 Å². The molecule has 1 aliphatic rings. The van der Waals surface area contributed by atoms with Gasteiger partial charge in [-0.15, -0.1) is 13.2 Å². The van der Waals surface area contributed by atoms with Gasteiger partial charge in [-0.2, -0.15) is 0 Å². The summed E-state index contributed by atoms with van der Waals surface area (Å²) in [5.74, 6) is -1.83. The van der Waals surface area contributed by atoms with Crippen LogP contribution >= 0.6 is 12.2 Å². The zero-order chi connectivity index (χ0) is 18.9. The Kier molecular flexibility index (Phi) is 4.64. The lowest BCUT2D eigenvalue weighted by atomic mass is 10.1. The largest absolute Gasteiger partial charge is 0.573 e. The zero-order valence-electron chi connectivity index (χ0n) is 12.9. The minimum atomic E-state index is -4.88. The van der Waals surface area contributed by atoms with Gasteiger partial charge in [-0.05, 0) is 36.5 Å². The van der Waals surface area contributed by atoms with Gasteiger partial charge in [0.2, 0.25) is 0 Å². The highest BCUT2D eigenvalue weighted by Gasteiger charge is 2.35. The molecule has 0 atom stereocenters. The number of nitrogens with one attached hydrogen (secondary N) is 1. The van der Waals surface area contributed by atoms with Crippen LogP contribution in [0.3, 0.4) is 0 Å². The van der Waals surface area contributed by atoms with Crippen LogP contribution in [-0.4, -0.2) is 17.4 Å². The van der Waals surface area contributed by atoms with Crippen molar-refractivity contribution in [3.05, 3.63) is 65.6 Å². The van der Waals surface area contributed by atoms with Gasteiger partial charge in [0.15, 0.2) is 5.11 Å². The topological polar surface area (TPSA) is 41.6 Å². The molecular weight excluding hydrogens is 372 g/mol. The highest BCUT2D eigenvalue weighted by atomic mass is 32.1. The molecule has 1 heterocycles. The van der Waals surface area contributed by atoms with Gasteiger partial charge < -0.3 is 10.1 Å². The molecule has 1 fully saturated rings. The second-order valence-corrected chi connectivity index (χ2v) is 5.55. The van der Waals surface area contributed by atoms with E-state index in [1.807, 2.05) is 0 Å². The normalized spacial score (nSPS) is 16.2. The summed E-state index contributed by atoms with van der Waals surface area (Å²) in [6.07, 6.45) is -3.72. The van der Waals surface area contributed by atoms with Crippen LogP contribution in [0.2, 0.25) is 0 Å². The van der Waals surface area contributed by atoms with Gasteiger partial charge >= 0.3 is 6.36 Å². The molecule has 134 valence electrons. The Morgan fingerprint density at radius 3 is 2.42 bits per heavy atom. The van der Waals surface area contributed by atoms with E-state index in [1.165, 1.54) is 42.5 Å². The number of ether oxygens (including phenoxy) is 1. The molecule has 0 spiro atoms. The first-order valence-corrected chi connectivity index (χ1v) is 7.63. The average Bonchev–Trinajstić information content (AvgIpc) is 2.83. The SMILES string of the molecule is O=C1/C(=C\c2ccccc2OC(F)(F)F)NC(=S)N1c1ccccc1F. The van der Waals surface area contributed by atoms with E-state index < -0.39 is 23.8 Å². The Balaban J connectivity index is 1.96. The molecule has 0 aromatic heterocycles. The maximum Gasteiger partial charge on any atom is 0.573 e. The number of thiocarbonyl (C=S) groups is 1. The first-order chi connectivity index (χ1) is 12.3. The molecule has 0 bridgehead atoms. The van der Waals surface area contributed by atoms with E-state index >= 15 is 0 Å². The first-order valence-electron chi connectivity index (χ1n) is 7.23. The molecule has 1 amide bonds. The van der Waals surface area contributed by atoms with Gasteiger partial charge in [0.1, 0.15) is 17.3 Å². The summed E-state index contributed by atoms with van der Waals surface area (Å²) in [5, 5.41) is 2.50. The molecule has 0 saturated carbocycles. The second kappa shape index (κ2) is 6.75. The Morgan fingerprint density at radius 1 is 1.08 bits per heavy atom. The number of halogens is 4. The van der Waals surface area contributed by atoms with E-state index in [0.29, 0.717) is 0 Å². The molecule has 4 nitrogen and oxygen atoms in total. The molecule has 1 aliphatic heterocycles. The third-order valence-corrected chi connectivity index (χ3v) is 3.70. The van der Waals surface area contributed by atoms with E-state index in [2.05, 4.69) is 10.1 Å². The summed E-state index contributed by atoms with van der Waals surface area (Å²) in [7, 11) is 0. The third-order valence-electron chi connectivity index (χ3n) is 3.42. The predicted octanol–water partition coefficient (Wildman–Crippen LogP) is 3.99. The van der Waals surface area contributed by atoms with Crippen molar-refractivity contribution in [2.45, 2.75) is 6.36 Å². The Bertz CT molecular complexity index is 912. The fraction of sp³-hybridized carbons (Fsp3) is 0.0588. The van der Waals surface area contributed by atoms with Gasteiger partial charge in [-0.1, -0.05) is 30.3 Å². The first kappa shape index (κ1) is 17.9. The fourth-order valence-corrected chi connectivity index (χ4v) is 2.65. The van der Waals surface area contributed by atoms with Crippen molar-refractivity contribution in [1.82, 2.24) is 5.32 Å². The molecule has 2 aromatic rings. The summed E-state index contributed by atoms with van der Waals surface area (Å²) < 4.78 is 55.4. The van der Waals surface area contributed by atoms with Crippen LogP contribution in [0.25, 0.3) is 6.08 Å². The number of rotatable bonds is 3. The smallest absolute Gasteiger partial charge is 0.405 e. The van der Waals surface area contributed by atoms with Crippen molar-refractivity contribution in [2.24, 2.45) is 0 Å². The maximum absolute atomic E-state index is 13.9. The number of carbonyl (C=O) groups is 1. The fourth-order valence-electron chi connectivity index (χ4n) is 2.36. The van der Waals surface area contributed by atoms with Gasteiger partial charge in [0.25, 0.3) is 5.91 Å². The third kappa shape index (κ3) is 3.67. The lowest BCUT2D eigenvalue weighted by molar-refractivity contribution is -0.274. The Morgan fingerprint density at radius 2 is 1.73 bits per heavy atom. The highest BCUT2D eigenvalue weighted by Crippen LogP contribution is 2.30. The second-order valence-electron chi connectivity index (χ2n) is 5.17. The summed E-state index contributed by atoms with van der Waals surface area (Å²) in [4.78, 5) is 13.5. The molecule has 1 saturated heterocycles. The number of carbonyl (C=O) groups excluding carboxylic acids is 1. The maximum atomic E-state index is 13.9. The van der Waals surface area contributed by atoms with Gasteiger partial charge in [-0.3, -0.25) is 4.79 Å². The number of anilines is 1. The van der Waals surface area contributed by atoms with Gasteiger partial charge in [-0.25, -0.2) is 9.29 Å². The molecule has 9 heteroatoms. The van der Waals surface area contributed by atoms with Crippen molar-refractivity contribution in [2.75, 3.05) is 4.90 Å². The van der Waals surface area contributed by atoms with E-state index in [1.54, 1.807) is 0 Å². The number of hydrogen-bond acceptors (Lipinski definition) is 3. The quantitative estimate of drug-likeness (QED) is 0.495. The molecule has 0 radical (unpaired) electrons. The van der Waals surface area contributed by atoms with Gasteiger partial charge in [0, 0.05) is 5.56 Å². The standard InChI is InChI=1S/C17H10F4N2O2S/c18-11-6-2-3-7-13(11)23-15(24)12(22-16(23)26)9-10-5-1-4-8-14(10)25-17(19,20)21/h1-9H,(H,22,26)/b12-9+. The highest BCUT2D eigenvalue weighted by molar-refractivity contribution is 7.80. The monoisotopic (exact) mass is 382 g/mol. The molecule has 0 aliphatic carbocycles. The van der Waals surface area contributed by atoms with Crippen LogP contribution in [0.15, 0.2) is 54.2 Å². The van der Waals surface area contributed by atoms with Crippen molar-refractivity contribution < 1.29 is 27.1 Å². The number of nitrogens with zero attached hydrogens (tertiary/aromatic N) is 1. The molecule has 2 aromatic carbocycles. The van der Waals surface area contributed by atoms with Crippen LogP contribution < -0.4 is 15.0 Å². The Labute approximate surface area is 150 Å². The summed E-state index contributed by atoms with van der Waals surface area (Å²) in [6, 6.07) is 10.8. The lowest BCUT2D eigenvalue weighted by Gasteiger charge is -2.14. The van der Waals surface area contributed by atoms with Crippen LogP contribution in [0.5, 0.6) is 5.75 Å². The number of amides is 1. The van der Waals surface area contributed by atoms with Crippen LogP contribution in [0, 0.1) is 5.82 Å². The van der Waals surface area contributed by atoms with Gasteiger partial charge in [0.05, 0.1) is 5.69 Å². The molecular formula is C17H10F4N2O2S. The number of para-hydroxylation sites is 2. The van der Waals surface area contributed by atoms with Crippen LogP contribution in [0.1, 0.15) is 5.56 Å². The zero-order valence-corrected chi connectivity index (χ0v) is 13.7.